The van der Waals surface area contributed by atoms with Crippen LogP contribution in [-0.2, 0) is 20.8 Å². The lowest BCUT2D eigenvalue weighted by Crippen LogP contribution is -2.51. The van der Waals surface area contributed by atoms with E-state index in [1.54, 1.807) is 16.8 Å². The number of thiophene rings is 1. The van der Waals surface area contributed by atoms with E-state index in [0.717, 1.165) is 9.77 Å². The molecule has 0 aliphatic heterocycles. The molecule has 1 aromatic heterocycles. The van der Waals surface area contributed by atoms with Gasteiger partial charge in [-0.1, -0.05) is 50.2 Å². The van der Waals surface area contributed by atoms with Crippen molar-refractivity contribution >= 4 is 40.8 Å². The Labute approximate surface area is 197 Å². The van der Waals surface area contributed by atoms with Crippen LogP contribution in [0.25, 0.3) is 0 Å². The molecule has 7 nitrogen and oxygen atoms in total. The number of rotatable bonds is 12. The van der Waals surface area contributed by atoms with E-state index in [9.17, 15) is 19.6 Å². The number of nitrogens with one attached hydrogen (secondary N) is 3. The molecular weight excluding hydrogens is 446 g/mol. The van der Waals surface area contributed by atoms with Crippen molar-refractivity contribution in [2.24, 2.45) is 17.8 Å². The topological polar surface area (TPSA) is 108 Å². The fraction of sp³-hybridized carbons (Fsp3) is 0.435. The number of amides is 3. The van der Waals surface area contributed by atoms with E-state index < -0.39 is 23.8 Å². The van der Waals surface area contributed by atoms with Gasteiger partial charge in [-0.15, -0.1) is 23.1 Å². The molecule has 2 rings (SSSR count). The summed E-state index contributed by atoms with van der Waals surface area (Å²) < 4.78 is 1.02. The van der Waals surface area contributed by atoms with E-state index in [2.05, 4.69) is 10.6 Å². The molecule has 3 amide bonds. The van der Waals surface area contributed by atoms with E-state index >= 15 is 0 Å². The molecule has 0 radical (unpaired) electrons. The van der Waals surface area contributed by atoms with Crippen LogP contribution >= 0.6 is 23.1 Å². The Hall–Kier alpha value is -2.36. The third kappa shape index (κ3) is 7.96. The van der Waals surface area contributed by atoms with Gasteiger partial charge < -0.3 is 10.6 Å². The molecule has 0 bridgehead atoms. The molecule has 1 heterocycles. The van der Waals surface area contributed by atoms with Crippen LogP contribution in [0.5, 0.6) is 0 Å². The molecular formula is C23H31N3O4S2. The highest BCUT2D eigenvalue weighted by Gasteiger charge is 2.36. The Bertz CT molecular complexity index is 859. The van der Waals surface area contributed by atoms with Crippen molar-refractivity contribution in [2.75, 3.05) is 12.8 Å². The molecule has 0 aliphatic carbocycles. The van der Waals surface area contributed by atoms with Crippen molar-refractivity contribution in [3.63, 3.8) is 0 Å². The molecule has 32 heavy (non-hydrogen) atoms. The van der Waals surface area contributed by atoms with E-state index in [1.165, 1.54) is 18.8 Å². The molecule has 0 saturated heterocycles. The lowest BCUT2D eigenvalue weighted by atomic mass is 9.84. The maximum atomic E-state index is 13.4. The maximum Gasteiger partial charge on any atom is 0.248 e. The van der Waals surface area contributed by atoms with Gasteiger partial charge in [0.1, 0.15) is 6.04 Å². The molecule has 0 saturated carbocycles. The van der Waals surface area contributed by atoms with Gasteiger partial charge in [0.05, 0.1) is 16.0 Å². The van der Waals surface area contributed by atoms with Gasteiger partial charge in [0, 0.05) is 19.2 Å². The largest absolute Gasteiger partial charge is 0.357 e. The van der Waals surface area contributed by atoms with Crippen LogP contribution in [-0.4, -0.2) is 41.8 Å². The first-order valence-electron chi connectivity index (χ1n) is 10.5. The minimum absolute atomic E-state index is 0.138. The van der Waals surface area contributed by atoms with Crippen LogP contribution in [0.1, 0.15) is 25.8 Å². The summed E-state index contributed by atoms with van der Waals surface area (Å²) in [5.41, 5.74) is 2.64. The van der Waals surface area contributed by atoms with Gasteiger partial charge in [-0.25, -0.2) is 5.48 Å². The van der Waals surface area contributed by atoms with Crippen molar-refractivity contribution < 1.29 is 19.6 Å². The Balaban J connectivity index is 2.23. The fourth-order valence-corrected chi connectivity index (χ4v) is 5.44. The van der Waals surface area contributed by atoms with Crippen LogP contribution < -0.4 is 16.1 Å². The zero-order valence-corrected chi connectivity index (χ0v) is 20.2. The van der Waals surface area contributed by atoms with Gasteiger partial charge in [-0.3, -0.25) is 19.6 Å². The molecule has 2 aromatic rings. The minimum atomic E-state index is -0.771. The van der Waals surface area contributed by atoms with Crippen LogP contribution in [0.15, 0.2) is 52.1 Å². The maximum absolute atomic E-state index is 13.4. The number of benzene rings is 1. The molecule has 0 aliphatic rings. The quantitative estimate of drug-likeness (QED) is 0.213. The number of likely N-dealkylation sites (N-methyl/N-ethyl adjacent to an activating group) is 1. The predicted molar refractivity (Wildman–Crippen MR) is 128 cm³/mol. The van der Waals surface area contributed by atoms with Crippen LogP contribution in [0.3, 0.4) is 0 Å². The first kappa shape index (κ1) is 25.9. The van der Waals surface area contributed by atoms with Crippen LogP contribution in [0.2, 0.25) is 0 Å². The third-order valence-electron chi connectivity index (χ3n) is 5.06. The minimum Gasteiger partial charge on any atom is -0.357 e. The number of hydrogen-bond donors (Lipinski definition) is 4. The van der Waals surface area contributed by atoms with Crippen molar-refractivity contribution in [3.8, 4) is 0 Å². The predicted octanol–water partition coefficient (Wildman–Crippen LogP) is 3.10. The molecule has 0 spiro atoms. The van der Waals surface area contributed by atoms with Gasteiger partial charge in [-0.2, -0.15) is 0 Å². The molecule has 9 heteroatoms. The average Bonchev–Trinajstić information content (AvgIpc) is 3.31. The SMILES string of the molecule is CNC(=O)C(Cc1ccccc1)NC(=O)[C@H](CC(C)C)C(CSc1cccs1)C(=O)NO. The van der Waals surface area contributed by atoms with E-state index in [0.29, 0.717) is 18.6 Å². The van der Waals surface area contributed by atoms with Crippen LogP contribution in [0.4, 0.5) is 0 Å². The summed E-state index contributed by atoms with van der Waals surface area (Å²) in [5.74, 6) is -2.26. The summed E-state index contributed by atoms with van der Waals surface area (Å²) in [6.45, 7) is 3.95. The monoisotopic (exact) mass is 477 g/mol. The first-order valence-corrected chi connectivity index (χ1v) is 12.4. The van der Waals surface area contributed by atoms with Crippen molar-refractivity contribution in [1.29, 1.82) is 0 Å². The summed E-state index contributed by atoms with van der Waals surface area (Å²) in [6, 6.07) is 12.5. The summed E-state index contributed by atoms with van der Waals surface area (Å²) in [4.78, 5) is 38.4. The van der Waals surface area contributed by atoms with Gasteiger partial charge in [0.25, 0.3) is 0 Å². The second-order valence-corrected chi connectivity index (χ2v) is 10.2. The lowest BCUT2D eigenvalue weighted by molar-refractivity contribution is -0.140. The number of hydroxylamine groups is 1. The summed E-state index contributed by atoms with van der Waals surface area (Å²) in [7, 11) is 1.53. The number of carbonyl (C=O) groups is 3. The Morgan fingerprint density at radius 1 is 1.00 bits per heavy atom. The van der Waals surface area contributed by atoms with Crippen molar-refractivity contribution in [3.05, 3.63) is 53.4 Å². The smallest absolute Gasteiger partial charge is 0.248 e. The normalized spacial score (nSPS) is 13.8. The molecule has 1 aromatic carbocycles. The second kappa shape index (κ2) is 13.2. The first-order chi connectivity index (χ1) is 15.3. The molecule has 4 N–H and O–H groups in total. The van der Waals surface area contributed by atoms with E-state index in [4.69, 9.17) is 0 Å². The third-order valence-corrected chi connectivity index (χ3v) is 7.31. The molecule has 174 valence electrons. The average molecular weight is 478 g/mol. The highest BCUT2D eigenvalue weighted by Crippen LogP contribution is 2.31. The standard InChI is InChI=1S/C23H31N3O4S2/c1-15(2)12-17(18(22(28)26-30)14-32-20-10-7-11-31-20)21(27)25-19(23(29)24-3)13-16-8-5-4-6-9-16/h4-11,15,17-19,30H,12-14H2,1-3H3,(H,24,29)(H,25,27)(H,26,28)/t17-,18?,19?/m1/s1. The Morgan fingerprint density at radius 2 is 1.72 bits per heavy atom. The Morgan fingerprint density at radius 3 is 2.28 bits per heavy atom. The Kier molecular flexibility index (Phi) is 10.7. The van der Waals surface area contributed by atoms with E-state index in [-0.39, 0.29) is 17.7 Å². The summed E-state index contributed by atoms with van der Waals surface area (Å²) in [6.07, 6.45) is 0.780. The number of hydrogen-bond acceptors (Lipinski definition) is 6. The second-order valence-electron chi connectivity index (χ2n) is 7.93. The molecule has 3 atom stereocenters. The van der Waals surface area contributed by atoms with Crippen molar-refractivity contribution in [1.82, 2.24) is 16.1 Å². The molecule has 0 fully saturated rings. The molecule has 2 unspecified atom stereocenters. The highest BCUT2D eigenvalue weighted by atomic mass is 32.2. The summed E-state index contributed by atoms with van der Waals surface area (Å²) in [5, 5.41) is 16.7. The summed E-state index contributed by atoms with van der Waals surface area (Å²) >= 11 is 3.02. The number of thioether (sulfide) groups is 1. The zero-order valence-electron chi connectivity index (χ0n) is 18.5. The zero-order chi connectivity index (χ0) is 23.5. The van der Waals surface area contributed by atoms with Gasteiger partial charge in [-0.05, 0) is 29.3 Å². The van der Waals surface area contributed by atoms with Gasteiger partial charge >= 0.3 is 0 Å². The van der Waals surface area contributed by atoms with Gasteiger partial charge in [0.2, 0.25) is 17.7 Å². The van der Waals surface area contributed by atoms with Crippen LogP contribution in [0, 0.1) is 17.8 Å². The van der Waals surface area contributed by atoms with Crippen molar-refractivity contribution in [2.45, 2.75) is 36.9 Å². The van der Waals surface area contributed by atoms with E-state index in [1.807, 2.05) is 61.7 Å². The lowest BCUT2D eigenvalue weighted by Gasteiger charge is -2.28. The fourth-order valence-electron chi connectivity index (χ4n) is 3.45. The van der Waals surface area contributed by atoms with Gasteiger partial charge in [0.15, 0.2) is 0 Å². The number of carbonyl (C=O) groups excluding carboxylic acids is 3. The highest BCUT2D eigenvalue weighted by molar-refractivity contribution is 8.01.